The van der Waals surface area contributed by atoms with Crippen LogP contribution in [0.3, 0.4) is 0 Å². The number of nitrogens with zero attached hydrogens (tertiary/aromatic N) is 4. The van der Waals surface area contributed by atoms with E-state index in [9.17, 15) is 14.0 Å². The quantitative estimate of drug-likeness (QED) is 0.631. The normalized spacial score (nSPS) is 10.4. The molecule has 10 heteroatoms. The van der Waals surface area contributed by atoms with E-state index in [0.29, 0.717) is 22.2 Å². The highest BCUT2D eigenvalue weighted by Crippen LogP contribution is 2.20. The fourth-order valence-electron chi connectivity index (χ4n) is 2.18. The molecule has 0 saturated heterocycles. The van der Waals surface area contributed by atoms with Crippen molar-refractivity contribution in [3.05, 3.63) is 54.3 Å². The zero-order valence-corrected chi connectivity index (χ0v) is 15.0. The fourth-order valence-corrected chi connectivity index (χ4v) is 2.87. The second-order valence-electron chi connectivity index (χ2n) is 5.45. The average molecular weight is 386 g/mol. The highest BCUT2D eigenvalue weighted by atomic mass is 32.2. The fraction of sp³-hybridized carbons (Fsp3) is 0.118. The van der Waals surface area contributed by atoms with Gasteiger partial charge in [-0.2, -0.15) is 4.68 Å². The van der Waals surface area contributed by atoms with Gasteiger partial charge in [0.2, 0.25) is 17.0 Å². The van der Waals surface area contributed by atoms with E-state index in [-0.39, 0.29) is 23.4 Å². The van der Waals surface area contributed by atoms with Crippen LogP contribution < -0.4 is 10.6 Å². The van der Waals surface area contributed by atoms with Crippen LogP contribution in [0.4, 0.5) is 15.8 Å². The number of rotatable bonds is 6. The Labute approximate surface area is 158 Å². The van der Waals surface area contributed by atoms with Crippen LogP contribution in [-0.2, 0) is 9.59 Å². The monoisotopic (exact) mass is 386 g/mol. The Hall–Kier alpha value is -3.27. The highest BCUT2D eigenvalue weighted by Gasteiger charge is 2.12. The van der Waals surface area contributed by atoms with Gasteiger partial charge in [-0.1, -0.05) is 11.8 Å². The summed E-state index contributed by atoms with van der Waals surface area (Å²) in [4.78, 5) is 23.1. The molecule has 2 aromatic carbocycles. The first-order valence-electron chi connectivity index (χ1n) is 7.86. The molecule has 3 aromatic rings. The molecule has 0 atom stereocenters. The molecule has 0 spiro atoms. The Bertz CT molecular complexity index is 943. The highest BCUT2D eigenvalue weighted by molar-refractivity contribution is 7.99. The molecule has 3 rings (SSSR count). The van der Waals surface area contributed by atoms with Crippen molar-refractivity contribution in [3.8, 4) is 5.69 Å². The number of anilines is 2. The molecule has 0 saturated carbocycles. The van der Waals surface area contributed by atoms with Gasteiger partial charge < -0.3 is 10.6 Å². The van der Waals surface area contributed by atoms with E-state index in [1.54, 1.807) is 24.3 Å². The number of amides is 2. The van der Waals surface area contributed by atoms with Gasteiger partial charge in [-0.05, 0) is 59.0 Å². The predicted molar refractivity (Wildman–Crippen MR) is 99.2 cm³/mol. The largest absolute Gasteiger partial charge is 0.326 e. The summed E-state index contributed by atoms with van der Waals surface area (Å²) in [5, 5.41) is 17.3. The molecule has 0 unspecified atom stereocenters. The van der Waals surface area contributed by atoms with Crippen LogP contribution in [0.1, 0.15) is 6.92 Å². The number of carbonyl (C=O) groups excluding carboxylic acids is 2. The molecule has 0 aliphatic rings. The van der Waals surface area contributed by atoms with Crippen molar-refractivity contribution in [1.29, 1.82) is 0 Å². The molecule has 2 amide bonds. The maximum atomic E-state index is 12.9. The van der Waals surface area contributed by atoms with Gasteiger partial charge in [0.1, 0.15) is 5.82 Å². The lowest BCUT2D eigenvalue weighted by molar-refractivity contribution is -0.114. The van der Waals surface area contributed by atoms with Gasteiger partial charge in [-0.25, -0.2) is 4.39 Å². The lowest BCUT2D eigenvalue weighted by atomic mass is 10.3. The third-order valence-electron chi connectivity index (χ3n) is 3.33. The maximum Gasteiger partial charge on any atom is 0.234 e. The minimum atomic E-state index is -0.369. The molecule has 27 heavy (non-hydrogen) atoms. The Balaban J connectivity index is 1.62. The molecular formula is C17H15FN6O2S. The molecule has 0 bridgehead atoms. The first-order chi connectivity index (χ1) is 13.0. The molecule has 0 aliphatic heterocycles. The van der Waals surface area contributed by atoms with E-state index < -0.39 is 0 Å². The smallest absolute Gasteiger partial charge is 0.234 e. The van der Waals surface area contributed by atoms with Gasteiger partial charge in [0, 0.05) is 18.3 Å². The van der Waals surface area contributed by atoms with Gasteiger partial charge >= 0.3 is 0 Å². The van der Waals surface area contributed by atoms with Gasteiger partial charge in [0.05, 0.1) is 11.4 Å². The number of tetrazole rings is 1. The molecule has 2 N–H and O–H groups in total. The average Bonchev–Trinajstić information content (AvgIpc) is 3.11. The van der Waals surface area contributed by atoms with Crippen LogP contribution in [0.5, 0.6) is 0 Å². The zero-order chi connectivity index (χ0) is 19.2. The number of hydrogen-bond donors (Lipinski definition) is 2. The lowest BCUT2D eigenvalue weighted by Gasteiger charge is -2.07. The molecule has 1 aromatic heterocycles. The summed E-state index contributed by atoms with van der Waals surface area (Å²) >= 11 is 1.16. The van der Waals surface area contributed by atoms with Crippen molar-refractivity contribution in [2.75, 3.05) is 16.4 Å². The van der Waals surface area contributed by atoms with Crippen molar-refractivity contribution in [3.63, 3.8) is 0 Å². The molecular weight excluding hydrogens is 371 g/mol. The SMILES string of the molecule is CC(=O)Nc1ccc(-n2nnnc2SCC(=O)Nc2ccc(F)cc2)cc1. The summed E-state index contributed by atoms with van der Waals surface area (Å²) in [5.41, 5.74) is 1.86. The second kappa shape index (κ2) is 8.41. The first-order valence-corrected chi connectivity index (χ1v) is 8.84. The minimum absolute atomic E-state index is 0.0850. The third kappa shape index (κ3) is 5.11. The van der Waals surface area contributed by atoms with Crippen LogP contribution in [-0.4, -0.2) is 37.8 Å². The summed E-state index contributed by atoms with van der Waals surface area (Å²) in [6.45, 7) is 1.43. The summed E-state index contributed by atoms with van der Waals surface area (Å²) in [7, 11) is 0. The van der Waals surface area contributed by atoms with Crippen molar-refractivity contribution < 1.29 is 14.0 Å². The molecule has 0 aliphatic carbocycles. The maximum absolute atomic E-state index is 12.9. The number of hydrogen-bond acceptors (Lipinski definition) is 6. The third-order valence-corrected chi connectivity index (χ3v) is 4.25. The van der Waals surface area contributed by atoms with Crippen molar-refractivity contribution >= 4 is 35.0 Å². The van der Waals surface area contributed by atoms with Crippen LogP contribution in [0.2, 0.25) is 0 Å². The topological polar surface area (TPSA) is 102 Å². The van der Waals surface area contributed by atoms with Gasteiger partial charge in [-0.3, -0.25) is 9.59 Å². The Morgan fingerprint density at radius 3 is 2.33 bits per heavy atom. The van der Waals surface area contributed by atoms with E-state index in [1.807, 2.05) is 0 Å². The van der Waals surface area contributed by atoms with E-state index in [4.69, 9.17) is 0 Å². The Kier molecular flexibility index (Phi) is 5.77. The first kappa shape index (κ1) is 18.5. The van der Waals surface area contributed by atoms with E-state index in [0.717, 1.165) is 11.8 Å². The zero-order valence-electron chi connectivity index (χ0n) is 14.2. The molecule has 0 fully saturated rings. The van der Waals surface area contributed by atoms with Crippen LogP contribution in [0.15, 0.2) is 53.7 Å². The number of halogens is 1. The number of nitrogens with one attached hydrogen (secondary N) is 2. The minimum Gasteiger partial charge on any atom is -0.326 e. The van der Waals surface area contributed by atoms with E-state index in [1.165, 1.54) is 35.9 Å². The summed E-state index contributed by atoms with van der Waals surface area (Å²) in [6.07, 6.45) is 0. The standard InChI is InChI=1S/C17H15FN6O2S/c1-11(25)19-13-6-8-15(9-7-13)24-17(21-22-23-24)27-10-16(26)20-14-4-2-12(18)3-5-14/h2-9H,10H2,1H3,(H,19,25)(H,20,26). The Morgan fingerprint density at radius 2 is 1.67 bits per heavy atom. The summed E-state index contributed by atoms with van der Waals surface area (Å²) < 4.78 is 14.4. The number of carbonyl (C=O) groups is 2. The molecule has 138 valence electrons. The van der Waals surface area contributed by atoms with Crippen molar-refractivity contribution in [2.45, 2.75) is 12.1 Å². The lowest BCUT2D eigenvalue weighted by Crippen LogP contribution is -2.14. The Morgan fingerprint density at radius 1 is 1.04 bits per heavy atom. The summed E-state index contributed by atoms with van der Waals surface area (Å²) in [5.74, 6) is -0.705. The number of thioether (sulfide) groups is 1. The second-order valence-corrected chi connectivity index (χ2v) is 6.39. The molecule has 0 radical (unpaired) electrons. The van der Waals surface area contributed by atoms with Gasteiger partial charge in [0.25, 0.3) is 0 Å². The van der Waals surface area contributed by atoms with E-state index >= 15 is 0 Å². The van der Waals surface area contributed by atoms with Crippen LogP contribution in [0.25, 0.3) is 5.69 Å². The van der Waals surface area contributed by atoms with Gasteiger partial charge in [-0.15, -0.1) is 5.10 Å². The predicted octanol–water partition coefficient (Wildman–Crippen LogP) is 2.49. The van der Waals surface area contributed by atoms with Gasteiger partial charge in [0.15, 0.2) is 0 Å². The number of aromatic nitrogens is 4. The van der Waals surface area contributed by atoms with Crippen LogP contribution >= 0.6 is 11.8 Å². The number of benzene rings is 2. The van der Waals surface area contributed by atoms with Crippen molar-refractivity contribution in [2.24, 2.45) is 0 Å². The molecule has 8 nitrogen and oxygen atoms in total. The summed E-state index contributed by atoms with van der Waals surface area (Å²) in [6, 6.07) is 12.5. The van der Waals surface area contributed by atoms with Crippen LogP contribution in [0, 0.1) is 5.82 Å². The molecule has 1 heterocycles. The van der Waals surface area contributed by atoms with Crippen molar-refractivity contribution in [1.82, 2.24) is 20.2 Å². The van der Waals surface area contributed by atoms with E-state index in [2.05, 4.69) is 26.2 Å².